The SMILES string of the molecule is COC(=O)c1ccc(-c2c3nc(c(-c4ccc(C(=O)OC)cc4)c4ccc([nH]4)c(-c4ccccc4)c4nc(c(-c5ccccc5)c5ccc2[nH]5)C=C4)C=C3)cc1. The Labute approximate surface area is 322 Å². The fourth-order valence-corrected chi connectivity index (χ4v) is 7.41. The van der Waals surface area contributed by atoms with E-state index in [1.807, 2.05) is 72.8 Å². The molecule has 0 saturated heterocycles. The average molecular weight is 731 g/mol. The Kier molecular flexibility index (Phi) is 8.76. The topological polar surface area (TPSA) is 110 Å². The summed E-state index contributed by atoms with van der Waals surface area (Å²) >= 11 is 0. The number of benzene rings is 4. The summed E-state index contributed by atoms with van der Waals surface area (Å²) in [6.07, 6.45) is 8.17. The summed E-state index contributed by atoms with van der Waals surface area (Å²) in [4.78, 5) is 42.9. The van der Waals surface area contributed by atoms with Crippen molar-refractivity contribution in [3.63, 3.8) is 0 Å². The summed E-state index contributed by atoms with van der Waals surface area (Å²) in [6, 6.07) is 43.5. The van der Waals surface area contributed by atoms with Gasteiger partial charge in [0.05, 0.1) is 48.1 Å². The zero-order valence-electron chi connectivity index (χ0n) is 30.5. The Morgan fingerprint density at radius 2 is 0.679 bits per heavy atom. The highest BCUT2D eigenvalue weighted by molar-refractivity contribution is 6.00. The molecule has 3 aromatic heterocycles. The lowest BCUT2D eigenvalue weighted by Crippen LogP contribution is -2.00. The van der Waals surface area contributed by atoms with Gasteiger partial charge >= 0.3 is 11.9 Å². The van der Waals surface area contributed by atoms with Crippen LogP contribution in [0.5, 0.6) is 0 Å². The lowest BCUT2D eigenvalue weighted by atomic mass is 10.0. The van der Waals surface area contributed by atoms with Crippen molar-refractivity contribution in [1.82, 2.24) is 19.9 Å². The molecule has 9 rings (SSSR count). The summed E-state index contributed by atoms with van der Waals surface area (Å²) in [5, 5.41) is 0. The Hall–Kier alpha value is -7.58. The zero-order valence-corrected chi connectivity index (χ0v) is 30.5. The lowest BCUT2D eigenvalue weighted by molar-refractivity contribution is 0.0592. The van der Waals surface area contributed by atoms with Crippen LogP contribution in [0.1, 0.15) is 43.5 Å². The van der Waals surface area contributed by atoms with Gasteiger partial charge in [0.15, 0.2) is 0 Å². The van der Waals surface area contributed by atoms with E-state index in [0.717, 1.165) is 89.4 Å². The number of esters is 2. The molecule has 5 heterocycles. The van der Waals surface area contributed by atoms with Crippen molar-refractivity contribution in [3.05, 3.63) is 167 Å². The van der Waals surface area contributed by atoms with Crippen LogP contribution in [0.15, 0.2) is 133 Å². The number of nitrogens with zero attached hydrogens (tertiary/aromatic N) is 2. The highest BCUT2D eigenvalue weighted by Crippen LogP contribution is 2.38. The molecule has 7 aromatic rings. The zero-order chi connectivity index (χ0) is 38.2. The van der Waals surface area contributed by atoms with Crippen LogP contribution in [-0.4, -0.2) is 46.1 Å². The monoisotopic (exact) mass is 730 g/mol. The van der Waals surface area contributed by atoms with Crippen LogP contribution < -0.4 is 0 Å². The van der Waals surface area contributed by atoms with Crippen LogP contribution in [0.4, 0.5) is 0 Å². The van der Waals surface area contributed by atoms with Crippen molar-refractivity contribution in [3.8, 4) is 44.5 Å². The highest BCUT2D eigenvalue weighted by atomic mass is 16.5. The van der Waals surface area contributed by atoms with Gasteiger partial charge in [-0.2, -0.15) is 0 Å². The van der Waals surface area contributed by atoms with Crippen molar-refractivity contribution in [1.29, 1.82) is 0 Å². The first-order chi connectivity index (χ1) is 27.5. The summed E-state index contributed by atoms with van der Waals surface area (Å²) in [7, 11) is 2.75. The molecule has 0 amide bonds. The molecule has 8 heteroatoms. The Morgan fingerprint density at radius 3 is 0.964 bits per heavy atom. The number of rotatable bonds is 6. The number of H-pyrrole nitrogens is 2. The fourth-order valence-electron chi connectivity index (χ4n) is 7.41. The number of fused-ring (bicyclic) bond motifs is 8. The summed E-state index contributed by atoms with van der Waals surface area (Å²) < 4.78 is 9.97. The van der Waals surface area contributed by atoms with Crippen molar-refractivity contribution >= 4 is 58.3 Å². The largest absolute Gasteiger partial charge is 0.465 e. The van der Waals surface area contributed by atoms with Crippen molar-refractivity contribution < 1.29 is 19.1 Å². The quantitative estimate of drug-likeness (QED) is 0.165. The number of hydrogen-bond acceptors (Lipinski definition) is 6. The van der Waals surface area contributed by atoms with Crippen molar-refractivity contribution in [2.45, 2.75) is 0 Å². The minimum Gasteiger partial charge on any atom is -0.465 e. The van der Waals surface area contributed by atoms with Crippen LogP contribution in [0.3, 0.4) is 0 Å². The molecule has 8 nitrogen and oxygen atoms in total. The molecule has 4 aromatic carbocycles. The normalized spacial score (nSPS) is 11.8. The van der Waals surface area contributed by atoms with Crippen LogP contribution >= 0.6 is 0 Å². The minimum atomic E-state index is -0.408. The second-order valence-electron chi connectivity index (χ2n) is 13.4. The maximum absolute atomic E-state index is 12.4. The smallest absolute Gasteiger partial charge is 0.337 e. The van der Waals surface area contributed by atoms with E-state index in [2.05, 4.69) is 70.7 Å². The Bertz CT molecular complexity index is 2690. The van der Waals surface area contributed by atoms with E-state index < -0.39 is 11.9 Å². The third-order valence-corrected chi connectivity index (χ3v) is 10.1. The molecule has 0 fully saturated rings. The van der Waals surface area contributed by atoms with Gasteiger partial charge in [-0.15, -0.1) is 0 Å². The molecule has 0 saturated carbocycles. The van der Waals surface area contributed by atoms with Gasteiger partial charge in [0.1, 0.15) is 0 Å². The van der Waals surface area contributed by atoms with Crippen molar-refractivity contribution in [2.75, 3.05) is 14.2 Å². The van der Waals surface area contributed by atoms with E-state index in [-0.39, 0.29) is 0 Å². The first kappa shape index (κ1) is 34.2. The molecule has 0 radical (unpaired) electrons. The van der Waals surface area contributed by atoms with Gasteiger partial charge in [0.2, 0.25) is 0 Å². The van der Waals surface area contributed by atoms with Crippen LogP contribution in [-0.2, 0) is 9.47 Å². The second kappa shape index (κ2) is 14.3. The molecule has 0 spiro atoms. The van der Waals surface area contributed by atoms with E-state index in [1.54, 1.807) is 24.3 Å². The summed E-state index contributed by atoms with van der Waals surface area (Å²) in [6.45, 7) is 0. The third-order valence-electron chi connectivity index (χ3n) is 10.1. The minimum absolute atomic E-state index is 0.408. The van der Waals surface area contributed by atoms with Crippen LogP contribution in [0.25, 0.3) is 90.9 Å². The predicted molar refractivity (Wildman–Crippen MR) is 223 cm³/mol. The molecular formula is C48H34N4O4. The molecule has 270 valence electrons. The van der Waals surface area contributed by atoms with Crippen LogP contribution in [0, 0.1) is 0 Å². The first-order valence-corrected chi connectivity index (χ1v) is 18.1. The standard InChI is InChI=1S/C48H34N4O4/c1-55-47(53)33-17-13-31(14-18-33)45-39-25-23-37(50-39)43(29-9-5-3-6-10-29)35-21-22-36(49-35)44(30-11-7-4-8-12-30)38-24-26-40(51-38)46(42-28-27-41(45)52-42)32-15-19-34(20-16-32)48(54)56-2/h3-28,50-51H,1-2H3. The van der Waals surface area contributed by atoms with E-state index in [0.29, 0.717) is 11.1 Å². The van der Waals surface area contributed by atoms with Gasteiger partial charge in [-0.1, -0.05) is 84.9 Å². The molecule has 56 heavy (non-hydrogen) atoms. The van der Waals surface area contributed by atoms with E-state index in [4.69, 9.17) is 19.4 Å². The number of aromatic amines is 2. The van der Waals surface area contributed by atoms with Gasteiger partial charge in [0.25, 0.3) is 0 Å². The molecule has 0 atom stereocenters. The van der Waals surface area contributed by atoms with E-state index in [1.165, 1.54) is 14.2 Å². The number of carbonyl (C=O) groups excluding carboxylic acids is 2. The van der Waals surface area contributed by atoms with E-state index in [9.17, 15) is 9.59 Å². The highest BCUT2D eigenvalue weighted by Gasteiger charge is 2.19. The van der Waals surface area contributed by atoms with Crippen molar-refractivity contribution in [2.24, 2.45) is 0 Å². The molecule has 2 N–H and O–H groups in total. The number of hydrogen-bond donors (Lipinski definition) is 2. The molecule has 2 aliphatic heterocycles. The number of nitrogens with one attached hydrogen (secondary N) is 2. The third kappa shape index (κ3) is 6.19. The van der Waals surface area contributed by atoms with Gasteiger partial charge in [0, 0.05) is 44.3 Å². The Balaban J connectivity index is 1.42. The molecule has 8 bridgehead atoms. The van der Waals surface area contributed by atoms with Gasteiger partial charge < -0.3 is 19.4 Å². The molecule has 0 unspecified atom stereocenters. The number of carbonyl (C=O) groups is 2. The predicted octanol–water partition coefficient (Wildman–Crippen LogP) is 10.9. The summed E-state index contributed by atoms with van der Waals surface area (Å²) in [5.41, 5.74) is 14.8. The van der Waals surface area contributed by atoms with Gasteiger partial charge in [-0.3, -0.25) is 0 Å². The number of aromatic nitrogens is 4. The maximum Gasteiger partial charge on any atom is 0.337 e. The van der Waals surface area contributed by atoms with E-state index >= 15 is 0 Å². The van der Waals surface area contributed by atoms with Gasteiger partial charge in [-0.05, 0) is 95.1 Å². The molecule has 0 aliphatic carbocycles. The molecular weight excluding hydrogens is 697 g/mol. The fraction of sp³-hybridized carbons (Fsp3) is 0.0417. The summed E-state index contributed by atoms with van der Waals surface area (Å²) in [5.74, 6) is -0.816. The second-order valence-corrected chi connectivity index (χ2v) is 13.4. The maximum atomic E-state index is 12.4. The Morgan fingerprint density at radius 1 is 0.393 bits per heavy atom. The van der Waals surface area contributed by atoms with Crippen LogP contribution in [0.2, 0.25) is 0 Å². The number of methoxy groups -OCH3 is 2. The first-order valence-electron chi connectivity index (χ1n) is 18.1. The van der Waals surface area contributed by atoms with Gasteiger partial charge in [-0.25, -0.2) is 19.6 Å². The molecule has 2 aliphatic rings. The lowest BCUT2D eigenvalue weighted by Gasteiger charge is -2.08. The average Bonchev–Trinajstić information content (AvgIpc) is 4.10. The number of ether oxygens (including phenoxy) is 2.